The Labute approximate surface area is 108 Å². The van der Waals surface area contributed by atoms with Gasteiger partial charge in [-0.1, -0.05) is 0 Å². The maximum Gasteiger partial charge on any atom is 0.253 e. The molecular formula is C14H20N2O2. The maximum absolute atomic E-state index is 12.1. The molecule has 98 valence electrons. The van der Waals surface area contributed by atoms with Crippen molar-refractivity contribution in [1.82, 2.24) is 0 Å². The van der Waals surface area contributed by atoms with E-state index in [1.165, 1.54) is 0 Å². The lowest BCUT2D eigenvalue weighted by Crippen LogP contribution is -2.35. The highest BCUT2D eigenvalue weighted by atomic mass is 16.5. The van der Waals surface area contributed by atoms with Crippen LogP contribution in [0, 0.1) is 0 Å². The summed E-state index contributed by atoms with van der Waals surface area (Å²) in [5.74, 6) is 0.00782. The van der Waals surface area contributed by atoms with Gasteiger partial charge in [0.1, 0.15) is 6.61 Å². The van der Waals surface area contributed by atoms with Crippen LogP contribution in [0.15, 0.2) is 18.2 Å². The van der Waals surface area contributed by atoms with Crippen molar-refractivity contribution in [2.75, 3.05) is 23.8 Å². The lowest BCUT2D eigenvalue weighted by molar-refractivity contribution is -0.127. The predicted molar refractivity (Wildman–Crippen MR) is 72.6 cm³/mol. The van der Waals surface area contributed by atoms with E-state index in [0.717, 1.165) is 23.4 Å². The Morgan fingerprint density at radius 3 is 2.83 bits per heavy atom. The van der Waals surface area contributed by atoms with E-state index < -0.39 is 0 Å². The Morgan fingerprint density at radius 2 is 2.17 bits per heavy atom. The number of carbonyl (C=O) groups excluding carboxylic acids is 1. The minimum Gasteiger partial charge on any atom is -0.399 e. The molecule has 1 amide bonds. The van der Waals surface area contributed by atoms with E-state index in [9.17, 15) is 4.79 Å². The van der Waals surface area contributed by atoms with Crippen LogP contribution in [0.5, 0.6) is 0 Å². The lowest BCUT2D eigenvalue weighted by atomic mass is 10.1. The van der Waals surface area contributed by atoms with Crippen LogP contribution in [0.3, 0.4) is 0 Å². The molecule has 0 bridgehead atoms. The Bertz CT molecular complexity index is 463. The van der Waals surface area contributed by atoms with E-state index in [2.05, 4.69) is 0 Å². The number of anilines is 2. The molecule has 0 spiro atoms. The molecule has 1 aromatic rings. The zero-order chi connectivity index (χ0) is 13.3. The zero-order valence-electron chi connectivity index (χ0n) is 11.2. The molecule has 0 saturated carbocycles. The van der Waals surface area contributed by atoms with Gasteiger partial charge in [0.2, 0.25) is 0 Å². The molecule has 2 N–H and O–H groups in total. The summed E-state index contributed by atoms with van der Waals surface area (Å²) in [6.07, 6.45) is 0.863. The molecule has 0 aliphatic carbocycles. The highest BCUT2D eigenvalue weighted by molar-refractivity contribution is 5.96. The van der Waals surface area contributed by atoms with E-state index in [0.29, 0.717) is 6.54 Å². The van der Waals surface area contributed by atoms with Crippen LogP contribution in [-0.4, -0.2) is 24.7 Å². The first-order valence-corrected chi connectivity index (χ1v) is 6.19. The Kier molecular flexibility index (Phi) is 3.30. The summed E-state index contributed by atoms with van der Waals surface area (Å²) < 4.78 is 5.53. The minimum absolute atomic E-state index is 0.00782. The monoisotopic (exact) mass is 248 g/mol. The van der Waals surface area contributed by atoms with Crippen molar-refractivity contribution >= 4 is 17.3 Å². The maximum atomic E-state index is 12.1. The number of rotatable bonds is 2. The third-order valence-corrected chi connectivity index (χ3v) is 2.93. The number of hydrogen-bond acceptors (Lipinski definition) is 3. The molecule has 2 rings (SSSR count). The second-order valence-corrected chi connectivity index (χ2v) is 5.58. The fourth-order valence-electron chi connectivity index (χ4n) is 2.04. The summed E-state index contributed by atoms with van der Waals surface area (Å²) in [4.78, 5) is 13.9. The molecule has 0 aromatic heterocycles. The van der Waals surface area contributed by atoms with Crippen LogP contribution < -0.4 is 10.6 Å². The summed E-state index contributed by atoms with van der Waals surface area (Å²) in [6.45, 7) is 6.66. The number of hydrogen-bond donors (Lipinski definition) is 1. The summed E-state index contributed by atoms with van der Waals surface area (Å²) in [5, 5.41) is 0. The number of nitrogens with zero attached hydrogens (tertiary/aromatic N) is 1. The lowest BCUT2D eigenvalue weighted by Gasteiger charge is -2.22. The van der Waals surface area contributed by atoms with Crippen LogP contribution in [0.25, 0.3) is 0 Å². The van der Waals surface area contributed by atoms with Crippen molar-refractivity contribution in [3.8, 4) is 0 Å². The topological polar surface area (TPSA) is 55.6 Å². The molecule has 0 fully saturated rings. The van der Waals surface area contributed by atoms with E-state index in [1.807, 2.05) is 39.0 Å². The molecule has 1 heterocycles. The van der Waals surface area contributed by atoms with Gasteiger partial charge in [0, 0.05) is 17.9 Å². The molecule has 1 aromatic carbocycles. The molecule has 0 radical (unpaired) electrons. The number of nitrogen functional groups attached to an aromatic ring is 1. The van der Waals surface area contributed by atoms with Gasteiger partial charge >= 0.3 is 0 Å². The molecule has 1 aliphatic rings. The zero-order valence-corrected chi connectivity index (χ0v) is 11.2. The minimum atomic E-state index is -0.292. The quantitative estimate of drug-likeness (QED) is 0.814. The van der Waals surface area contributed by atoms with E-state index in [-0.39, 0.29) is 18.1 Å². The average Bonchev–Trinajstić information content (AvgIpc) is 2.67. The average molecular weight is 248 g/mol. The Balaban J connectivity index is 2.07. The highest BCUT2D eigenvalue weighted by Gasteiger charge is 2.25. The number of nitrogens with two attached hydrogens (primary N) is 1. The number of carbonyl (C=O) groups is 1. The number of benzene rings is 1. The van der Waals surface area contributed by atoms with Crippen LogP contribution in [0.4, 0.5) is 11.4 Å². The Morgan fingerprint density at radius 1 is 1.44 bits per heavy atom. The van der Waals surface area contributed by atoms with Gasteiger partial charge in [-0.2, -0.15) is 0 Å². The van der Waals surface area contributed by atoms with Crippen molar-refractivity contribution in [3.05, 3.63) is 23.8 Å². The number of fused-ring (bicyclic) bond motifs is 1. The summed E-state index contributed by atoms with van der Waals surface area (Å²) in [6, 6.07) is 5.68. The highest BCUT2D eigenvalue weighted by Crippen LogP contribution is 2.29. The van der Waals surface area contributed by atoms with Gasteiger partial charge < -0.3 is 15.4 Å². The molecular weight excluding hydrogens is 228 g/mol. The largest absolute Gasteiger partial charge is 0.399 e. The van der Waals surface area contributed by atoms with Gasteiger partial charge in [0.05, 0.1) is 5.60 Å². The first-order chi connectivity index (χ1) is 8.37. The fraction of sp³-hybridized carbons (Fsp3) is 0.500. The van der Waals surface area contributed by atoms with Gasteiger partial charge in [-0.25, -0.2) is 0 Å². The molecule has 4 nitrogen and oxygen atoms in total. The number of ether oxygens (including phenoxy) is 1. The van der Waals surface area contributed by atoms with Crippen LogP contribution >= 0.6 is 0 Å². The van der Waals surface area contributed by atoms with E-state index in [1.54, 1.807) is 4.90 Å². The van der Waals surface area contributed by atoms with Gasteiger partial charge in [-0.15, -0.1) is 0 Å². The van der Waals surface area contributed by atoms with Crippen molar-refractivity contribution in [2.45, 2.75) is 32.8 Å². The van der Waals surface area contributed by atoms with Crippen LogP contribution in [-0.2, 0) is 16.0 Å². The van der Waals surface area contributed by atoms with Crippen molar-refractivity contribution in [3.63, 3.8) is 0 Å². The summed E-state index contributed by atoms with van der Waals surface area (Å²) >= 11 is 0. The van der Waals surface area contributed by atoms with Crippen LogP contribution in [0.2, 0.25) is 0 Å². The first kappa shape index (κ1) is 12.9. The molecule has 4 heteroatoms. The number of amides is 1. The normalized spacial score (nSPS) is 14.7. The third kappa shape index (κ3) is 2.82. The van der Waals surface area contributed by atoms with Crippen molar-refractivity contribution in [2.24, 2.45) is 0 Å². The third-order valence-electron chi connectivity index (χ3n) is 2.93. The van der Waals surface area contributed by atoms with E-state index in [4.69, 9.17) is 10.5 Å². The second kappa shape index (κ2) is 4.61. The smallest absolute Gasteiger partial charge is 0.253 e. The first-order valence-electron chi connectivity index (χ1n) is 6.19. The van der Waals surface area contributed by atoms with Gasteiger partial charge in [-0.05, 0) is 51.0 Å². The Hall–Kier alpha value is -1.55. The predicted octanol–water partition coefficient (Wildman–Crippen LogP) is 1.97. The van der Waals surface area contributed by atoms with E-state index >= 15 is 0 Å². The molecule has 0 unspecified atom stereocenters. The van der Waals surface area contributed by atoms with Crippen molar-refractivity contribution in [1.29, 1.82) is 0 Å². The van der Waals surface area contributed by atoms with Crippen LogP contribution in [0.1, 0.15) is 26.3 Å². The van der Waals surface area contributed by atoms with Gasteiger partial charge in [-0.3, -0.25) is 4.79 Å². The molecule has 0 saturated heterocycles. The van der Waals surface area contributed by atoms with Gasteiger partial charge in [0.25, 0.3) is 5.91 Å². The molecule has 18 heavy (non-hydrogen) atoms. The fourth-order valence-corrected chi connectivity index (χ4v) is 2.04. The second-order valence-electron chi connectivity index (χ2n) is 5.58. The molecule has 0 atom stereocenters. The molecule has 1 aliphatic heterocycles. The van der Waals surface area contributed by atoms with Gasteiger partial charge in [0.15, 0.2) is 0 Å². The standard InChI is InChI=1S/C14H20N2O2/c1-14(2,3)18-9-13(17)16-7-6-10-8-11(15)4-5-12(10)16/h4-5,8H,6-7,9,15H2,1-3H3. The van der Waals surface area contributed by atoms with Crippen molar-refractivity contribution < 1.29 is 9.53 Å². The summed E-state index contributed by atoms with van der Waals surface area (Å²) in [5.41, 5.74) is 8.29. The SMILES string of the molecule is CC(C)(C)OCC(=O)N1CCc2cc(N)ccc21. The summed E-state index contributed by atoms with van der Waals surface area (Å²) in [7, 11) is 0.